The molecule has 0 aromatic heterocycles. The number of aryl methyl sites for hydroxylation is 1. The molecule has 0 aliphatic heterocycles. The van der Waals surface area contributed by atoms with Crippen molar-refractivity contribution < 1.29 is 22.7 Å². The van der Waals surface area contributed by atoms with Gasteiger partial charge in [-0.2, -0.15) is 0 Å². The molecule has 0 saturated carbocycles. The molecular weight excluding hydrogens is 562 g/mol. The third-order valence-electron chi connectivity index (χ3n) is 6.72. The van der Waals surface area contributed by atoms with Crippen LogP contribution in [-0.2, 0) is 26.2 Å². The van der Waals surface area contributed by atoms with Crippen molar-refractivity contribution in [2.24, 2.45) is 0 Å². The van der Waals surface area contributed by atoms with Crippen LogP contribution in [0.1, 0.15) is 44.7 Å². The van der Waals surface area contributed by atoms with Gasteiger partial charge in [0.25, 0.3) is 10.0 Å². The first kappa shape index (κ1) is 32.0. The smallest absolute Gasteiger partial charge is 0.264 e. The van der Waals surface area contributed by atoms with E-state index in [4.69, 9.17) is 16.3 Å². The standard InChI is InChI=1S/C31H38ClN3O5S/c1-5-7-20-33-31(37)24(4)34(21-25-11-9-8-10-23(25)3)30(36)22-35(27-14-16-28(17-15-27)40-6-2)41(38,39)29-18-12-26(32)13-19-29/h8-19,24H,5-7,20-22H2,1-4H3,(H,33,37). The van der Waals surface area contributed by atoms with Gasteiger partial charge < -0.3 is 15.0 Å². The molecule has 3 rings (SSSR count). The van der Waals surface area contributed by atoms with E-state index in [0.717, 1.165) is 28.3 Å². The maximum absolute atomic E-state index is 14.0. The fraction of sp³-hybridized carbons (Fsp3) is 0.355. The van der Waals surface area contributed by atoms with E-state index in [1.807, 2.05) is 45.0 Å². The third-order valence-corrected chi connectivity index (χ3v) is 8.76. The monoisotopic (exact) mass is 599 g/mol. The Kier molecular flexibility index (Phi) is 11.6. The molecule has 1 N–H and O–H groups in total. The van der Waals surface area contributed by atoms with E-state index in [2.05, 4.69) is 5.32 Å². The highest BCUT2D eigenvalue weighted by molar-refractivity contribution is 7.92. The van der Waals surface area contributed by atoms with Gasteiger partial charge >= 0.3 is 0 Å². The molecule has 0 saturated heterocycles. The Bertz CT molecular complexity index is 1410. The Morgan fingerprint density at radius 2 is 1.63 bits per heavy atom. The van der Waals surface area contributed by atoms with Crippen LogP contribution in [0.2, 0.25) is 5.02 Å². The van der Waals surface area contributed by atoms with Gasteiger partial charge in [0.1, 0.15) is 18.3 Å². The number of nitrogens with zero attached hydrogens (tertiary/aromatic N) is 2. The lowest BCUT2D eigenvalue weighted by molar-refractivity contribution is -0.139. The highest BCUT2D eigenvalue weighted by atomic mass is 35.5. The molecule has 1 unspecified atom stereocenters. The summed E-state index contributed by atoms with van der Waals surface area (Å²) in [5.74, 6) is -0.239. The zero-order valence-electron chi connectivity index (χ0n) is 24.0. The lowest BCUT2D eigenvalue weighted by atomic mass is 10.1. The zero-order chi connectivity index (χ0) is 30.0. The topological polar surface area (TPSA) is 96.0 Å². The minimum atomic E-state index is -4.18. The minimum absolute atomic E-state index is 0.0144. The number of anilines is 1. The van der Waals surface area contributed by atoms with Crippen LogP contribution in [0, 0.1) is 6.92 Å². The molecule has 220 valence electrons. The Balaban J connectivity index is 2.01. The van der Waals surface area contributed by atoms with E-state index in [9.17, 15) is 18.0 Å². The summed E-state index contributed by atoms with van der Waals surface area (Å²) >= 11 is 6.01. The number of unbranched alkanes of at least 4 members (excludes halogenated alkanes) is 1. The van der Waals surface area contributed by atoms with Crippen LogP contribution >= 0.6 is 11.6 Å². The Hall–Kier alpha value is -3.56. The molecule has 0 aliphatic rings. The fourth-order valence-electron chi connectivity index (χ4n) is 4.23. The first-order valence-electron chi connectivity index (χ1n) is 13.7. The highest BCUT2D eigenvalue weighted by Crippen LogP contribution is 2.27. The maximum Gasteiger partial charge on any atom is 0.264 e. The average Bonchev–Trinajstić information content (AvgIpc) is 2.96. The van der Waals surface area contributed by atoms with Crippen LogP contribution in [-0.4, -0.2) is 50.9 Å². The summed E-state index contributed by atoms with van der Waals surface area (Å²) in [5.41, 5.74) is 2.11. The van der Waals surface area contributed by atoms with E-state index < -0.39 is 28.5 Å². The summed E-state index contributed by atoms with van der Waals surface area (Å²) in [5, 5.41) is 3.28. The van der Waals surface area contributed by atoms with Crippen LogP contribution in [0.4, 0.5) is 5.69 Å². The summed E-state index contributed by atoms with van der Waals surface area (Å²) < 4.78 is 34.4. The van der Waals surface area contributed by atoms with E-state index >= 15 is 0 Å². The predicted molar refractivity (Wildman–Crippen MR) is 163 cm³/mol. The van der Waals surface area contributed by atoms with E-state index in [1.165, 1.54) is 29.2 Å². The number of carbonyl (C=O) groups is 2. The molecule has 3 aromatic rings. The van der Waals surface area contributed by atoms with Crippen molar-refractivity contribution in [1.82, 2.24) is 10.2 Å². The number of hydrogen-bond donors (Lipinski definition) is 1. The molecule has 10 heteroatoms. The minimum Gasteiger partial charge on any atom is -0.494 e. The molecule has 0 radical (unpaired) electrons. The number of halogens is 1. The number of carbonyl (C=O) groups excluding carboxylic acids is 2. The second-order valence-corrected chi connectivity index (χ2v) is 12.0. The molecule has 0 bridgehead atoms. The maximum atomic E-state index is 14.0. The van der Waals surface area contributed by atoms with Crippen molar-refractivity contribution in [3.05, 3.63) is 88.9 Å². The van der Waals surface area contributed by atoms with Crippen molar-refractivity contribution >= 4 is 39.1 Å². The van der Waals surface area contributed by atoms with Crippen LogP contribution in [0.25, 0.3) is 0 Å². The first-order valence-corrected chi connectivity index (χ1v) is 15.5. The van der Waals surface area contributed by atoms with Gasteiger partial charge in [-0.05, 0) is 86.8 Å². The highest BCUT2D eigenvalue weighted by Gasteiger charge is 2.32. The molecule has 0 spiro atoms. The molecule has 0 aliphatic carbocycles. The summed E-state index contributed by atoms with van der Waals surface area (Å²) in [7, 11) is -4.18. The van der Waals surface area contributed by atoms with Gasteiger partial charge in [-0.1, -0.05) is 49.2 Å². The van der Waals surface area contributed by atoms with E-state index in [-0.39, 0.29) is 23.0 Å². The molecule has 3 aromatic carbocycles. The normalized spacial score (nSPS) is 11.9. The molecule has 2 amide bonds. The van der Waals surface area contributed by atoms with Gasteiger partial charge in [0, 0.05) is 18.1 Å². The van der Waals surface area contributed by atoms with Crippen molar-refractivity contribution in [3.63, 3.8) is 0 Å². The number of nitrogens with one attached hydrogen (secondary N) is 1. The number of hydrogen-bond acceptors (Lipinski definition) is 5. The van der Waals surface area contributed by atoms with Gasteiger partial charge in [0.15, 0.2) is 0 Å². The van der Waals surface area contributed by atoms with Gasteiger partial charge in [-0.15, -0.1) is 0 Å². The second kappa shape index (κ2) is 14.9. The fourth-order valence-corrected chi connectivity index (χ4v) is 5.77. The molecule has 1 atom stereocenters. The Morgan fingerprint density at radius 3 is 2.24 bits per heavy atom. The first-order chi connectivity index (χ1) is 19.6. The van der Waals surface area contributed by atoms with Crippen LogP contribution in [0.15, 0.2) is 77.7 Å². The Labute approximate surface area is 248 Å². The summed E-state index contributed by atoms with van der Waals surface area (Å²) in [6, 6.07) is 19.0. The van der Waals surface area contributed by atoms with Gasteiger partial charge in [-0.3, -0.25) is 13.9 Å². The Morgan fingerprint density at radius 1 is 0.976 bits per heavy atom. The van der Waals surface area contributed by atoms with Crippen molar-refractivity contribution in [2.45, 2.75) is 58.0 Å². The number of rotatable bonds is 14. The quantitative estimate of drug-likeness (QED) is 0.244. The summed E-state index contributed by atoms with van der Waals surface area (Å²) in [4.78, 5) is 28.5. The summed E-state index contributed by atoms with van der Waals surface area (Å²) in [6.07, 6.45) is 1.73. The molecule has 41 heavy (non-hydrogen) atoms. The molecule has 0 fully saturated rings. The largest absolute Gasteiger partial charge is 0.494 e. The summed E-state index contributed by atoms with van der Waals surface area (Å²) in [6.45, 7) is 8.05. The van der Waals surface area contributed by atoms with Crippen molar-refractivity contribution in [3.8, 4) is 5.75 Å². The van der Waals surface area contributed by atoms with Crippen LogP contribution in [0.5, 0.6) is 5.75 Å². The van der Waals surface area contributed by atoms with Gasteiger partial charge in [-0.25, -0.2) is 8.42 Å². The van der Waals surface area contributed by atoms with Crippen LogP contribution < -0.4 is 14.4 Å². The number of ether oxygens (including phenoxy) is 1. The number of sulfonamides is 1. The number of benzene rings is 3. The van der Waals surface area contributed by atoms with Crippen molar-refractivity contribution in [1.29, 1.82) is 0 Å². The van der Waals surface area contributed by atoms with Gasteiger partial charge in [0.2, 0.25) is 11.8 Å². The third kappa shape index (κ3) is 8.47. The predicted octanol–water partition coefficient (Wildman–Crippen LogP) is 5.58. The molecular formula is C31H38ClN3O5S. The number of amides is 2. The van der Waals surface area contributed by atoms with Gasteiger partial charge in [0.05, 0.1) is 17.2 Å². The van der Waals surface area contributed by atoms with Crippen molar-refractivity contribution in [2.75, 3.05) is 24.0 Å². The average molecular weight is 600 g/mol. The lowest BCUT2D eigenvalue weighted by Gasteiger charge is -2.32. The molecule has 8 nitrogen and oxygen atoms in total. The zero-order valence-corrected chi connectivity index (χ0v) is 25.5. The molecule has 0 heterocycles. The van der Waals surface area contributed by atoms with E-state index in [0.29, 0.717) is 23.9 Å². The van der Waals surface area contributed by atoms with E-state index in [1.54, 1.807) is 31.2 Å². The second-order valence-electron chi connectivity index (χ2n) is 9.66. The van der Waals surface area contributed by atoms with Crippen LogP contribution in [0.3, 0.4) is 0 Å². The SMILES string of the molecule is CCCCNC(=O)C(C)N(Cc1ccccc1C)C(=O)CN(c1ccc(OCC)cc1)S(=O)(=O)c1ccc(Cl)cc1. The lowest BCUT2D eigenvalue weighted by Crippen LogP contribution is -2.51.